The number of esters is 1. The van der Waals surface area contributed by atoms with Crippen LogP contribution < -0.4 is 5.56 Å². The van der Waals surface area contributed by atoms with Crippen molar-refractivity contribution in [1.82, 2.24) is 14.6 Å². The number of nitrogens with one attached hydrogen (secondary N) is 1. The van der Waals surface area contributed by atoms with Crippen molar-refractivity contribution < 1.29 is 14.5 Å². The van der Waals surface area contributed by atoms with E-state index in [9.17, 15) is 19.7 Å². The summed E-state index contributed by atoms with van der Waals surface area (Å²) in [6.07, 6.45) is 0.269. The Hall–Kier alpha value is -3.49. The van der Waals surface area contributed by atoms with Gasteiger partial charge in [-0.3, -0.25) is 20.0 Å². The minimum atomic E-state index is -0.539. The second kappa shape index (κ2) is 7.02. The number of ether oxygens (including phenoxy) is 1. The zero-order valence-corrected chi connectivity index (χ0v) is 15.1. The van der Waals surface area contributed by atoms with Crippen LogP contribution in [0.4, 0.5) is 5.69 Å². The van der Waals surface area contributed by atoms with E-state index in [1.54, 1.807) is 32.9 Å². The Labute approximate surface area is 153 Å². The highest BCUT2D eigenvalue weighted by Crippen LogP contribution is 2.18. The van der Waals surface area contributed by atoms with Gasteiger partial charge in [0.05, 0.1) is 11.5 Å². The van der Waals surface area contributed by atoms with E-state index >= 15 is 0 Å². The summed E-state index contributed by atoms with van der Waals surface area (Å²) in [6.45, 7) is 5.29. The molecule has 0 atom stereocenters. The van der Waals surface area contributed by atoms with Gasteiger partial charge >= 0.3 is 5.97 Å². The number of hydrogen-bond donors (Lipinski definition) is 1. The van der Waals surface area contributed by atoms with E-state index in [-0.39, 0.29) is 35.5 Å². The van der Waals surface area contributed by atoms with E-state index in [0.717, 1.165) is 5.56 Å². The molecule has 9 heteroatoms. The smallest absolute Gasteiger partial charge is 0.343 e. The van der Waals surface area contributed by atoms with Crippen molar-refractivity contribution in [3.8, 4) is 0 Å². The van der Waals surface area contributed by atoms with Gasteiger partial charge in [-0.2, -0.15) is 0 Å². The van der Waals surface area contributed by atoms with Crippen LogP contribution in [0.2, 0.25) is 0 Å². The molecule has 1 aromatic carbocycles. The number of carbonyl (C=O) groups is 1. The fourth-order valence-electron chi connectivity index (χ4n) is 2.92. The van der Waals surface area contributed by atoms with Crippen LogP contribution in [0.5, 0.6) is 0 Å². The van der Waals surface area contributed by atoms with Gasteiger partial charge in [0.1, 0.15) is 5.56 Å². The number of aromatic amines is 1. The number of rotatable bonds is 5. The average molecular weight is 370 g/mol. The van der Waals surface area contributed by atoms with Gasteiger partial charge in [-0.05, 0) is 26.3 Å². The lowest BCUT2D eigenvalue weighted by molar-refractivity contribution is -0.384. The molecular weight excluding hydrogens is 352 g/mol. The SMILES string of the molecule is CCOC(=O)c1c(C)[nH]n2c(=O)c(Cc3ccc([N+](=O)[O-])cc3)c(C)nc12. The predicted molar refractivity (Wildman–Crippen MR) is 97.1 cm³/mol. The summed E-state index contributed by atoms with van der Waals surface area (Å²) in [5, 5.41) is 13.6. The summed E-state index contributed by atoms with van der Waals surface area (Å²) in [5.74, 6) is -0.539. The van der Waals surface area contributed by atoms with Crippen molar-refractivity contribution >= 4 is 17.3 Å². The van der Waals surface area contributed by atoms with Gasteiger partial charge in [-0.15, -0.1) is 0 Å². The molecule has 2 aromatic heterocycles. The number of nitro groups is 1. The number of carbonyl (C=O) groups excluding carboxylic acids is 1. The van der Waals surface area contributed by atoms with Crippen LogP contribution in [-0.4, -0.2) is 32.1 Å². The quantitative estimate of drug-likeness (QED) is 0.418. The number of aryl methyl sites for hydroxylation is 2. The molecule has 0 fully saturated rings. The Bertz CT molecular complexity index is 1100. The molecule has 140 valence electrons. The third-order valence-electron chi connectivity index (χ3n) is 4.27. The molecule has 0 spiro atoms. The fourth-order valence-corrected chi connectivity index (χ4v) is 2.92. The molecular formula is C18H18N4O5. The van der Waals surface area contributed by atoms with Crippen LogP contribution in [0.25, 0.3) is 5.65 Å². The standard InChI is InChI=1S/C18H18N4O5/c1-4-27-18(24)15-11(3)20-21-16(15)19-10(2)14(17(21)23)9-12-5-7-13(8-6-12)22(25)26/h5-8,20H,4,9H2,1-3H3. The number of H-pyrrole nitrogens is 1. The summed E-state index contributed by atoms with van der Waals surface area (Å²) >= 11 is 0. The Kier molecular flexibility index (Phi) is 4.76. The minimum Gasteiger partial charge on any atom is -0.462 e. The van der Waals surface area contributed by atoms with E-state index in [0.29, 0.717) is 17.0 Å². The van der Waals surface area contributed by atoms with Gasteiger partial charge in [0.25, 0.3) is 11.2 Å². The van der Waals surface area contributed by atoms with Gasteiger partial charge < -0.3 is 4.74 Å². The highest BCUT2D eigenvalue weighted by molar-refractivity contribution is 5.97. The normalized spacial score (nSPS) is 10.9. The zero-order chi connectivity index (χ0) is 19.7. The summed E-state index contributed by atoms with van der Waals surface area (Å²) in [4.78, 5) is 39.8. The monoisotopic (exact) mass is 370 g/mol. The second-order valence-corrected chi connectivity index (χ2v) is 6.07. The van der Waals surface area contributed by atoms with Gasteiger partial charge in [-0.25, -0.2) is 14.3 Å². The number of aromatic nitrogens is 3. The van der Waals surface area contributed by atoms with Crippen LogP contribution in [0.15, 0.2) is 29.1 Å². The van der Waals surface area contributed by atoms with Crippen LogP contribution in [0.3, 0.4) is 0 Å². The topological polar surface area (TPSA) is 120 Å². The van der Waals surface area contributed by atoms with Gasteiger partial charge in [0.15, 0.2) is 5.65 Å². The molecule has 0 saturated heterocycles. The van der Waals surface area contributed by atoms with Crippen LogP contribution in [0.1, 0.15) is 39.8 Å². The first-order valence-electron chi connectivity index (χ1n) is 8.34. The van der Waals surface area contributed by atoms with Crippen molar-refractivity contribution in [3.63, 3.8) is 0 Å². The lowest BCUT2D eigenvalue weighted by Crippen LogP contribution is -2.22. The molecule has 2 heterocycles. The first-order chi connectivity index (χ1) is 12.8. The third kappa shape index (κ3) is 3.31. The molecule has 1 N–H and O–H groups in total. The van der Waals surface area contributed by atoms with Crippen molar-refractivity contribution in [1.29, 1.82) is 0 Å². The Morgan fingerprint density at radius 2 is 1.96 bits per heavy atom. The first-order valence-corrected chi connectivity index (χ1v) is 8.34. The number of fused-ring (bicyclic) bond motifs is 1. The van der Waals surface area contributed by atoms with E-state index in [1.807, 2.05) is 0 Å². The first kappa shape index (κ1) is 18.3. The summed E-state index contributed by atoms with van der Waals surface area (Å²) in [6, 6.07) is 6.00. The number of benzene rings is 1. The largest absolute Gasteiger partial charge is 0.462 e. The highest BCUT2D eigenvalue weighted by Gasteiger charge is 2.22. The molecule has 3 rings (SSSR count). The Morgan fingerprint density at radius 1 is 1.30 bits per heavy atom. The van der Waals surface area contributed by atoms with Gasteiger partial charge in [-0.1, -0.05) is 12.1 Å². The average Bonchev–Trinajstić information content (AvgIpc) is 2.95. The van der Waals surface area contributed by atoms with Gasteiger partial charge in [0.2, 0.25) is 0 Å². The van der Waals surface area contributed by atoms with Crippen molar-refractivity contribution in [2.45, 2.75) is 27.2 Å². The van der Waals surface area contributed by atoms with E-state index in [1.165, 1.54) is 16.6 Å². The fraction of sp³-hybridized carbons (Fsp3) is 0.278. The maximum Gasteiger partial charge on any atom is 0.343 e. The summed E-state index contributed by atoms with van der Waals surface area (Å²) in [5.41, 5.74) is 2.29. The number of hydrogen-bond acceptors (Lipinski definition) is 6. The number of nitro benzene ring substituents is 1. The molecule has 27 heavy (non-hydrogen) atoms. The zero-order valence-electron chi connectivity index (χ0n) is 15.1. The lowest BCUT2D eigenvalue weighted by Gasteiger charge is -2.06. The van der Waals surface area contributed by atoms with Gasteiger partial charge in [0, 0.05) is 35.5 Å². The molecule has 0 amide bonds. The van der Waals surface area contributed by atoms with Crippen molar-refractivity contribution in [2.24, 2.45) is 0 Å². The highest BCUT2D eigenvalue weighted by atomic mass is 16.6. The maximum absolute atomic E-state index is 12.9. The summed E-state index contributed by atoms with van der Waals surface area (Å²) < 4.78 is 6.27. The molecule has 9 nitrogen and oxygen atoms in total. The van der Waals surface area contributed by atoms with Crippen molar-refractivity contribution in [3.05, 3.63) is 72.8 Å². The Balaban J connectivity index is 2.06. The van der Waals surface area contributed by atoms with Crippen LogP contribution in [0, 0.1) is 24.0 Å². The third-order valence-corrected chi connectivity index (χ3v) is 4.27. The molecule has 0 aliphatic rings. The summed E-state index contributed by atoms with van der Waals surface area (Å²) in [7, 11) is 0. The predicted octanol–water partition coefficient (Wildman–Crippen LogP) is 2.32. The number of non-ortho nitro benzene ring substituents is 1. The van der Waals surface area contributed by atoms with Crippen LogP contribution in [-0.2, 0) is 11.2 Å². The molecule has 0 unspecified atom stereocenters. The number of nitrogens with zero attached hydrogens (tertiary/aromatic N) is 3. The van der Waals surface area contributed by atoms with E-state index < -0.39 is 10.9 Å². The van der Waals surface area contributed by atoms with Crippen molar-refractivity contribution in [2.75, 3.05) is 6.61 Å². The lowest BCUT2D eigenvalue weighted by atomic mass is 10.0. The molecule has 0 bridgehead atoms. The molecule has 3 aromatic rings. The Morgan fingerprint density at radius 3 is 2.56 bits per heavy atom. The minimum absolute atomic E-state index is 0.0140. The van der Waals surface area contributed by atoms with E-state index in [2.05, 4.69) is 10.1 Å². The molecule has 0 radical (unpaired) electrons. The van der Waals surface area contributed by atoms with E-state index in [4.69, 9.17) is 4.74 Å². The second-order valence-electron chi connectivity index (χ2n) is 6.07. The van der Waals surface area contributed by atoms with Crippen LogP contribution >= 0.6 is 0 Å². The molecule has 0 aliphatic heterocycles. The molecule has 0 saturated carbocycles. The molecule has 0 aliphatic carbocycles. The maximum atomic E-state index is 12.9.